The summed E-state index contributed by atoms with van der Waals surface area (Å²) in [5.41, 5.74) is 0. The summed E-state index contributed by atoms with van der Waals surface area (Å²) in [6, 6.07) is 0. The molecule has 0 radical (unpaired) electrons. The Morgan fingerprint density at radius 1 is 1.36 bits per heavy atom. The zero-order valence-electron chi connectivity index (χ0n) is 7.84. The molecule has 1 unspecified atom stereocenters. The molecule has 1 heterocycles. The fourth-order valence-electron chi connectivity index (χ4n) is 1.51. The van der Waals surface area contributed by atoms with Crippen LogP contribution in [0.25, 0.3) is 0 Å². The summed E-state index contributed by atoms with van der Waals surface area (Å²) < 4.78 is 9.38. The van der Waals surface area contributed by atoms with Gasteiger partial charge in [0, 0.05) is 0 Å². The van der Waals surface area contributed by atoms with Gasteiger partial charge in [0.05, 0.1) is 0 Å². The summed E-state index contributed by atoms with van der Waals surface area (Å²) in [4.78, 5) is 3.60. The van der Waals surface area contributed by atoms with Gasteiger partial charge >= 0.3 is 69.8 Å². The maximum atomic E-state index is 4.70. The molecule has 1 rings (SSSR count). The van der Waals surface area contributed by atoms with Crippen LogP contribution in [0.1, 0.15) is 0 Å². The molecule has 68 valence electrons. The Labute approximate surface area is 70.4 Å². The molecular weight excluding hydrogens is 195 g/mol. The second kappa shape index (κ2) is 2.96. The van der Waals surface area contributed by atoms with Gasteiger partial charge in [0.15, 0.2) is 0 Å². The fourth-order valence-corrected chi connectivity index (χ4v) is 14.9. The average molecular weight is 213 g/mol. The molecule has 0 amide bonds. The molecule has 0 saturated carbocycles. The van der Waals surface area contributed by atoms with Gasteiger partial charge in [-0.15, -0.1) is 0 Å². The van der Waals surface area contributed by atoms with E-state index in [1.54, 1.807) is 0 Å². The molecule has 0 aromatic rings. The number of hydrogen-bond donors (Lipinski definition) is 1. The molecule has 0 aliphatic carbocycles. The first-order valence-corrected chi connectivity index (χ1v) is 11.2. The number of nitrogens with zero attached hydrogens (tertiary/aromatic N) is 2. The van der Waals surface area contributed by atoms with Gasteiger partial charge in [-0.2, -0.15) is 0 Å². The van der Waals surface area contributed by atoms with Gasteiger partial charge in [-0.25, -0.2) is 0 Å². The van der Waals surface area contributed by atoms with E-state index in [0.717, 1.165) is 0 Å². The molecule has 6 heteroatoms. The molecule has 1 aliphatic rings. The summed E-state index contributed by atoms with van der Waals surface area (Å²) in [5, 5.41) is 0. The van der Waals surface area contributed by atoms with Crippen molar-refractivity contribution in [1.29, 1.82) is 0 Å². The van der Waals surface area contributed by atoms with E-state index in [0.29, 0.717) is 0 Å². The number of rotatable bonds is 0. The molecular formula is C5H18N3P3. The molecule has 1 N–H and O–H groups in total. The Bertz CT molecular complexity index is 250. The van der Waals surface area contributed by atoms with Crippen molar-refractivity contribution in [2.45, 2.75) is 0 Å². The van der Waals surface area contributed by atoms with Crippen LogP contribution in [-0.4, -0.2) is 33.3 Å². The van der Waals surface area contributed by atoms with Crippen LogP contribution in [0.3, 0.4) is 0 Å². The Balaban J connectivity index is 3.03. The molecule has 1 atom stereocenters. The topological polar surface area (TPSA) is 36.8 Å². The quantitative estimate of drug-likeness (QED) is 0.617. The molecule has 0 spiro atoms. The predicted octanol–water partition coefficient (Wildman–Crippen LogP) is 2.75. The van der Waals surface area contributed by atoms with Crippen LogP contribution < -0.4 is 4.86 Å². The maximum absolute atomic E-state index is 4.70. The van der Waals surface area contributed by atoms with Crippen molar-refractivity contribution < 1.29 is 0 Å². The molecule has 0 aromatic carbocycles. The Hall–Kier alpha value is 0.850. The van der Waals surface area contributed by atoms with E-state index in [9.17, 15) is 0 Å². The first kappa shape index (κ1) is 9.93. The van der Waals surface area contributed by atoms with E-state index in [1.807, 2.05) is 0 Å². The third kappa shape index (κ3) is 2.99. The van der Waals surface area contributed by atoms with E-state index in [-0.39, 0.29) is 0 Å². The van der Waals surface area contributed by atoms with Crippen molar-refractivity contribution in [1.82, 2.24) is 4.86 Å². The molecule has 0 bridgehead atoms. The number of nitrogens with one attached hydrogen (secondary N) is 1. The second-order valence-corrected chi connectivity index (χ2v) is 13.4. The van der Waals surface area contributed by atoms with Gasteiger partial charge in [0.2, 0.25) is 0 Å². The minimum absolute atomic E-state index is 0.707. The summed E-state index contributed by atoms with van der Waals surface area (Å²) in [6.45, 7) is 11.2. The molecule has 0 saturated heterocycles. The SMILES string of the molecule is C[PH]1=N[PH](C)(C)NP(C)(C)=N1. The molecule has 1 aliphatic heterocycles. The Kier molecular flexibility index (Phi) is 2.68. The van der Waals surface area contributed by atoms with E-state index >= 15 is 0 Å². The van der Waals surface area contributed by atoms with Crippen molar-refractivity contribution in [2.75, 3.05) is 33.3 Å². The Morgan fingerprint density at radius 2 is 1.91 bits per heavy atom. The van der Waals surface area contributed by atoms with Crippen LogP contribution in [0.15, 0.2) is 9.03 Å². The third-order valence-corrected chi connectivity index (χ3v) is 12.4. The predicted molar refractivity (Wildman–Crippen MR) is 61.2 cm³/mol. The summed E-state index contributed by atoms with van der Waals surface area (Å²) in [6.07, 6.45) is 0. The van der Waals surface area contributed by atoms with Crippen LogP contribution >= 0.6 is 22.6 Å². The van der Waals surface area contributed by atoms with E-state index in [4.69, 9.17) is 4.52 Å². The van der Waals surface area contributed by atoms with Crippen molar-refractivity contribution >= 4 is 22.6 Å². The van der Waals surface area contributed by atoms with Crippen LogP contribution in [0.5, 0.6) is 0 Å². The van der Waals surface area contributed by atoms with Crippen molar-refractivity contribution in [3.05, 3.63) is 0 Å². The molecule has 3 nitrogen and oxygen atoms in total. The Morgan fingerprint density at radius 3 is 2.27 bits per heavy atom. The normalized spacial score (nSPS) is 36.6. The van der Waals surface area contributed by atoms with Gasteiger partial charge in [-0.1, -0.05) is 0 Å². The first-order valence-electron chi connectivity index (χ1n) is 3.74. The van der Waals surface area contributed by atoms with Gasteiger partial charge in [0.1, 0.15) is 0 Å². The van der Waals surface area contributed by atoms with E-state index in [1.165, 1.54) is 0 Å². The van der Waals surface area contributed by atoms with Gasteiger partial charge < -0.3 is 0 Å². The molecule has 0 fully saturated rings. The molecule has 0 aromatic heterocycles. The standard InChI is InChI=1S/C5H18N3P3/c1-9-6-10(2,3)8-11(4,5)7-9/h8-10H,1-5H3. The van der Waals surface area contributed by atoms with Gasteiger partial charge in [-0.05, 0) is 0 Å². The van der Waals surface area contributed by atoms with Gasteiger partial charge in [-0.3, -0.25) is 0 Å². The zero-order chi connectivity index (χ0) is 8.70. The van der Waals surface area contributed by atoms with Crippen LogP contribution in [0, 0.1) is 0 Å². The monoisotopic (exact) mass is 213 g/mol. The third-order valence-electron chi connectivity index (χ3n) is 1.38. The number of hydrogen-bond acceptors (Lipinski definition) is 3. The average Bonchev–Trinajstić information content (AvgIpc) is 1.49. The first-order chi connectivity index (χ1) is 4.81. The molecule has 11 heavy (non-hydrogen) atoms. The van der Waals surface area contributed by atoms with E-state index in [2.05, 4.69) is 42.7 Å². The zero-order valence-corrected chi connectivity index (χ0v) is 10.7. The summed E-state index contributed by atoms with van der Waals surface area (Å²) in [5.74, 6) is 0. The van der Waals surface area contributed by atoms with Crippen molar-refractivity contribution in [3.8, 4) is 0 Å². The van der Waals surface area contributed by atoms with Gasteiger partial charge in [0.25, 0.3) is 0 Å². The van der Waals surface area contributed by atoms with Crippen LogP contribution in [-0.2, 0) is 0 Å². The fraction of sp³-hybridized carbons (Fsp3) is 1.00. The summed E-state index contributed by atoms with van der Waals surface area (Å²) >= 11 is 0. The van der Waals surface area contributed by atoms with Crippen molar-refractivity contribution in [2.24, 2.45) is 9.03 Å². The minimum atomic E-state index is -1.41. The second-order valence-electron chi connectivity index (χ2n) is 3.82. The summed E-state index contributed by atoms with van der Waals surface area (Å²) in [7, 11) is -3.25. The van der Waals surface area contributed by atoms with Crippen molar-refractivity contribution in [3.63, 3.8) is 0 Å². The van der Waals surface area contributed by atoms with Crippen LogP contribution in [0.4, 0.5) is 0 Å². The van der Waals surface area contributed by atoms with E-state index < -0.39 is 22.6 Å². The van der Waals surface area contributed by atoms with Crippen LogP contribution in [0.2, 0.25) is 0 Å².